The van der Waals surface area contributed by atoms with Gasteiger partial charge in [-0.1, -0.05) is 30.7 Å². The molecule has 1 atom stereocenters. The Morgan fingerprint density at radius 2 is 2.00 bits per heavy atom. The quantitative estimate of drug-likeness (QED) is 0.743. The number of carbonyl (C=O) groups is 1. The lowest BCUT2D eigenvalue weighted by atomic mass is 10.0. The number of piperidine rings is 1. The summed E-state index contributed by atoms with van der Waals surface area (Å²) in [7, 11) is 0. The van der Waals surface area contributed by atoms with Gasteiger partial charge in [0.2, 0.25) is 5.91 Å². The molecule has 1 aliphatic heterocycles. The Kier molecular flexibility index (Phi) is 4.73. The molecule has 18 heavy (non-hydrogen) atoms. The summed E-state index contributed by atoms with van der Waals surface area (Å²) in [6.07, 6.45) is 3.21. The van der Waals surface area contributed by atoms with Crippen LogP contribution in [0.25, 0.3) is 0 Å². The lowest BCUT2D eigenvalue weighted by Gasteiger charge is -2.22. The average molecular weight is 248 g/mol. The van der Waals surface area contributed by atoms with Crippen molar-refractivity contribution in [3.05, 3.63) is 35.4 Å². The molecule has 1 aromatic carbocycles. The molecule has 4 nitrogen and oxygen atoms in total. The number of rotatable bonds is 4. The van der Waals surface area contributed by atoms with Crippen molar-refractivity contribution in [3.8, 4) is 0 Å². The van der Waals surface area contributed by atoms with Crippen molar-refractivity contribution >= 4 is 5.91 Å². The molecule has 1 fully saturated rings. The van der Waals surface area contributed by atoms with Gasteiger partial charge in [0.1, 0.15) is 0 Å². The molecule has 1 saturated heterocycles. The summed E-state index contributed by atoms with van der Waals surface area (Å²) >= 11 is 0. The van der Waals surface area contributed by atoms with E-state index in [4.69, 9.17) is 5.11 Å². The third-order valence-electron chi connectivity index (χ3n) is 3.30. The molecule has 0 spiro atoms. The number of nitrogens with one attached hydrogen (secondary N) is 2. The fourth-order valence-electron chi connectivity index (χ4n) is 2.15. The van der Waals surface area contributed by atoms with Crippen LogP contribution in [0.2, 0.25) is 0 Å². The second-order valence-electron chi connectivity index (χ2n) is 4.69. The molecule has 2 rings (SSSR count). The van der Waals surface area contributed by atoms with Gasteiger partial charge in [0.25, 0.3) is 0 Å². The van der Waals surface area contributed by atoms with E-state index < -0.39 is 0 Å². The molecule has 1 aliphatic rings. The summed E-state index contributed by atoms with van der Waals surface area (Å²) in [5.74, 6) is 0.0842. The van der Waals surface area contributed by atoms with Gasteiger partial charge in [0.05, 0.1) is 12.6 Å². The average Bonchev–Trinajstić information content (AvgIpc) is 2.46. The van der Waals surface area contributed by atoms with Crippen molar-refractivity contribution in [2.45, 2.75) is 38.5 Å². The van der Waals surface area contributed by atoms with Gasteiger partial charge in [0, 0.05) is 6.54 Å². The lowest BCUT2D eigenvalue weighted by Crippen LogP contribution is -2.46. The largest absolute Gasteiger partial charge is 0.392 e. The van der Waals surface area contributed by atoms with E-state index in [0.717, 1.165) is 36.9 Å². The van der Waals surface area contributed by atoms with Gasteiger partial charge in [-0.15, -0.1) is 0 Å². The normalized spacial score (nSPS) is 19.5. The second kappa shape index (κ2) is 6.52. The van der Waals surface area contributed by atoms with Gasteiger partial charge < -0.3 is 15.7 Å². The Balaban J connectivity index is 1.80. The van der Waals surface area contributed by atoms with Gasteiger partial charge in [-0.3, -0.25) is 4.79 Å². The van der Waals surface area contributed by atoms with Gasteiger partial charge in [0.15, 0.2) is 0 Å². The number of hydrogen-bond acceptors (Lipinski definition) is 3. The predicted molar refractivity (Wildman–Crippen MR) is 69.9 cm³/mol. The number of hydrogen-bond donors (Lipinski definition) is 3. The van der Waals surface area contributed by atoms with E-state index >= 15 is 0 Å². The van der Waals surface area contributed by atoms with Crippen LogP contribution in [0.15, 0.2) is 24.3 Å². The molecule has 0 aliphatic carbocycles. The van der Waals surface area contributed by atoms with Crippen molar-refractivity contribution in [3.63, 3.8) is 0 Å². The summed E-state index contributed by atoms with van der Waals surface area (Å²) in [6, 6.07) is 7.58. The zero-order valence-electron chi connectivity index (χ0n) is 10.5. The smallest absolute Gasteiger partial charge is 0.237 e. The minimum Gasteiger partial charge on any atom is -0.392 e. The highest BCUT2D eigenvalue weighted by molar-refractivity contribution is 5.81. The van der Waals surface area contributed by atoms with E-state index in [0.29, 0.717) is 6.54 Å². The Labute approximate surface area is 107 Å². The monoisotopic (exact) mass is 248 g/mol. The van der Waals surface area contributed by atoms with Crippen LogP contribution in [0.3, 0.4) is 0 Å². The second-order valence-corrected chi connectivity index (χ2v) is 4.69. The molecular formula is C14H20N2O2. The Hall–Kier alpha value is -1.39. The third kappa shape index (κ3) is 3.55. The van der Waals surface area contributed by atoms with Crippen molar-refractivity contribution in [1.29, 1.82) is 0 Å². The highest BCUT2D eigenvalue weighted by Gasteiger charge is 2.19. The molecule has 1 unspecified atom stereocenters. The number of amides is 1. The molecule has 1 heterocycles. The minimum absolute atomic E-state index is 0.0320. The number of aliphatic hydroxyl groups is 1. The molecule has 0 radical (unpaired) electrons. The van der Waals surface area contributed by atoms with Crippen LogP contribution >= 0.6 is 0 Å². The van der Waals surface area contributed by atoms with Crippen LogP contribution in [0.1, 0.15) is 30.4 Å². The van der Waals surface area contributed by atoms with E-state index in [1.54, 1.807) is 0 Å². The Morgan fingerprint density at radius 3 is 2.61 bits per heavy atom. The van der Waals surface area contributed by atoms with Crippen molar-refractivity contribution in [2.24, 2.45) is 0 Å². The summed E-state index contributed by atoms with van der Waals surface area (Å²) in [6.45, 7) is 1.53. The van der Waals surface area contributed by atoms with E-state index in [2.05, 4.69) is 10.6 Å². The summed E-state index contributed by atoms with van der Waals surface area (Å²) in [5.41, 5.74) is 1.94. The van der Waals surface area contributed by atoms with Crippen LogP contribution in [0, 0.1) is 0 Å². The topological polar surface area (TPSA) is 61.4 Å². The maximum absolute atomic E-state index is 11.9. The van der Waals surface area contributed by atoms with Crippen LogP contribution in [0.5, 0.6) is 0 Å². The molecule has 1 aromatic rings. The molecule has 1 amide bonds. The van der Waals surface area contributed by atoms with Gasteiger partial charge in [-0.05, 0) is 30.5 Å². The van der Waals surface area contributed by atoms with Gasteiger partial charge >= 0.3 is 0 Å². The molecule has 4 heteroatoms. The first kappa shape index (κ1) is 13.1. The van der Waals surface area contributed by atoms with E-state index in [1.807, 2.05) is 24.3 Å². The lowest BCUT2D eigenvalue weighted by molar-refractivity contribution is -0.123. The van der Waals surface area contributed by atoms with Gasteiger partial charge in [-0.25, -0.2) is 0 Å². The first-order valence-electron chi connectivity index (χ1n) is 6.49. The SMILES string of the molecule is O=C(NCc1ccc(CO)cc1)C1CCCCN1. The Morgan fingerprint density at radius 1 is 1.28 bits per heavy atom. The summed E-state index contributed by atoms with van der Waals surface area (Å²) < 4.78 is 0. The van der Waals surface area contributed by atoms with Crippen LogP contribution in [0.4, 0.5) is 0 Å². The predicted octanol–water partition coefficient (Wildman–Crippen LogP) is 0.937. The number of carbonyl (C=O) groups excluding carboxylic acids is 1. The maximum atomic E-state index is 11.9. The first-order chi connectivity index (χ1) is 8.79. The van der Waals surface area contributed by atoms with E-state index in [-0.39, 0.29) is 18.6 Å². The molecule has 98 valence electrons. The molecule has 0 saturated carbocycles. The van der Waals surface area contributed by atoms with E-state index in [1.165, 1.54) is 0 Å². The third-order valence-corrected chi connectivity index (χ3v) is 3.30. The highest BCUT2D eigenvalue weighted by atomic mass is 16.3. The highest BCUT2D eigenvalue weighted by Crippen LogP contribution is 2.08. The Bertz CT molecular complexity index is 383. The fraction of sp³-hybridized carbons (Fsp3) is 0.500. The van der Waals surface area contributed by atoms with Crippen molar-refractivity contribution in [1.82, 2.24) is 10.6 Å². The molecular weight excluding hydrogens is 228 g/mol. The van der Waals surface area contributed by atoms with Crippen LogP contribution in [-0.2, 0) is 17.9 Å². The van der Waals surface area contributed by atoms with Crippen LogP contribution in [-0.4, -0.2) is 23.6 Å². The standard InChI is InChI=1S/C14H20N2O2/c17-10-12-6-4-11(5-7-12)9-16-14(18)13-3-1-2-8-15-13/h4-7,13,15,17H,1-3,8-10H2,(H,16,18). The summed E-state index contributed by atoms with van der Waals surface area (Å²) in [5, 5.41) is 15.1. The first-order valence-corrected chi connectivity index (χ1v) is 6.49. The number of benzene rings is 1. The van der Waals surface area contributed by atoms with E-state index in [9.17, 15) is 4.79 Å². The molecule has 0 aromatic heterocycles. The van der Waals surface area contributed by atoms with Gasteiger partial charge in [-0.2, -0.15) is 0 Å². The summed E-state index contributed by atoms with van der Waals surface area (Å²) in [4.78, 5) is 11.9. The zero-order valence-corrected chi connectivity index (χ0v) is 10.5. The minimum atomic E-state index is -0.0320. The number of aliphatic hydroxyl groups excluding tert-OH is 1. The van der Waals surface area contributed by atoms with Crippen molar-refractivity contribution < 1.29 is 9.90 Å². The van der Waals surface area contributed by atoms with Crippen molar-refractivity contribution in [2.75, 3.05) is 6.54 Å². The zero-order chi connectivity index (χ0) is 12.8. The van der Waals surface area contributed by atoms with Crippen LogP contribution < -0.4 is 10.6 Å². The maximum Gasteiger partial charge on any atom is 0.237 e. The fourth-order valence-corrected chi connectivity index (χ4v) is 2.15. The molecule has 0 bridgehead atoms. The molecule has 3 N–H and O–H groups in total.